The highest BCUT2D eigenvalue weighted by Crippen LogP contribution is 2.37. The summed E-state index contributed by atoms with van der Waals surface area (Å²) < 4.78 is 27.6. The fraction of sp³-hybridized carbons (Fsp3) is 0.133. The SMILES string of the molecule is Nc1ccc2c(c1)N(C(=O)c1c(F)cccc1F)CCS2. The molecule has 0 bridgehead atoms. The molecule has 0 atom stereocenters. The zero-order valence-corrected chi connectivity index (χ0v) is 11.8. The van der Waals surface area contributed by atoms with Crippen LogP contribution in [0.5, 0.6) is 0 Å². The summed E-state index contributed by atoms with van der Waals surface area (Å²) in [6, 6.07) is 8.60. The summed E-state index contributed by atoms with van der Waals surface area (Å²) in [7, 11) is 0. The summed E-state index contributed by atoms with van der Waals surface area (Å²) in [5.41, 5.74) is 6.32. The molecule has 1 heterocycles. The number of hydrogen-bond acceptors (Lipinski definition) is 3. The third-order valence-corrected chi connectivity index (χ3v) is 4.31. The van der Waals surface area contributed by atoms with Crippen LogP contribution in [-0.2, 0) is 0 Å². The van der Waals surface area contributed by atoms with E-state index < -0.39 is 23.1 Å². The van der Waals surface area contributed by atoms with Gasteiger partial charge in [0.05, 0.1) is 5.69 Å². The molecule has 0 spiro atoms. The maximum absolute atomic E-state index is 13.8. The number of halogens is 2. The number of rotatable bonds is 1. The molecule has 0 fully saturated rings. The monoisotopic (exact) mass is 306 g/mol. The molecule has 6 heteroatoms. The maximum atomic E-state index is 13.8. The minimum Gasteiger partial charge on any atom is -0.399 e. The second-order valence-electron chi connectivity index (χ2n) is 4.63. The number of carbonyl (C=O) groups excluding carboxylic acids is 1. The number of thioether (sulfide) groups is 1. The van der Waals surface area contributed by atoms with E-state index in [1.165, 1.54) is 11.0 Å². The van der Waals surface area contributed by atoms with Crippen molar-refractivity contribution < 1.29 is 13.6 Å². The standard InChI is InChI=1S/C15H12F2N2OS/c16-10-2-1-3-11(17)14(10)15(20)19-6-7-21-13-5-4-9(18)8-12(13)19/h1-5,8H,6-7,18H2. The predicted octanol–water partition coefficient (Wildman–Crippen LogP) is 3.30. The number of anilines is 2. The Morgan fingerprint density at radius 2 is 1.90 bits per heavy atom. The lowest BCUT2D eigenvalue weighted by atomic mass is 10.1. The van der Waals surface area contributed by atoms with Crippen LogP contribution in [0.25, 0.3) is 0 Å². The largest absolute Gasteiger partial charge is 0.399 e. The highest BCUT2D eigenvalue weighted by Gasteiger charge is 2.28. The molecule has 0 unspecified atom stereocenters. The molecule has 0 saturated carbocycles. The van der Waals surface area contributed by atoms with E-state index in [0.29, 0.717) is 23.7 Å². The Bertz CT molecular complexity index is 701. The summed E-state index contributed by atoms with van der Waals surface area (Å²) >= 11 is 1.59. The highest BCUT2D eigenvalue weighted by atomic mass is 32.2. The van der Waals surface area contributed by atoms with Crippen molar-refractivity contribution in [1.29, 1.82) is 0 Å². The Kier molecular flexibility index (Phi) is 3.55. The van der Waals surface area contributed by atoms with E-state index in [2.05, 4.69) is 0 Å². The lowest BCUT2D eigenvalue weighted by Crippen LogP contribution is -2.36. The van der Waals surface area contributed by atoms with Crippen molar-refractivity contribution in [3.05, 3.63) is 53.6 Å². The van der Waals surface area contributed by atoms with Crippen molar-refractivity contribution in [2.75, 3.05) is 22.9 Å². The normalized spacial score (nSPS) is 13.9. The number of carbonyl (C=O) groups is 1. The molecule has 108 valence electrons. The van der Waals surface area contributed by atoms with Gasteiger partial charge >= 0.3 is 0 Å². The molecule has 1 aliphatic rings. The minimum atomic E-state index is -0.858. The van der Waals surface area contributed by atoms with Gasteiger partial charge in [-0.15, -0.1) is 11.8 Å². The molecule has 0 saturated heterocycles. The van der Waals surface area contributed by atoms with Crippen molar-refractivity contribution in [3.8, 4) is 0 Å². The van der Waals surface area contributed by atoms with E-state index in [9.17, 15) is 13.6 Å². The van der Waals surface area contributed by atoms with Gasteiger partial charge in [-0.05, 0) is 30.3 Å². The van der Waals surface area contributed by atoms with Gasteiger partial charge in [-0.1, -0.05) is 6.07 Å². The average molecular weight is 306 g/mol. The van der Waals surface area contributed by atoms with E-state index in [0.717, 1.165) is 17.0 Å². The van der Waals surface area contributed by atoms with Crippen molar-refractivity contribution in [2.24, 2.45) is 0 Å². The van der Waals surface area contributed by atoms with E-state index in [1.54, 1.807) is 23.9 Å². The Morgan fingerprint density at radius 3 is 2.62 bits per heavy atom. The van der Waals surface area contributed by atoms with Crippen LogP contribution < -0.4 is 10.6 Å². The number of nitrogens with zero attached hydrogens (tertiary/aromatic N) is 1. The van der Waals surface area contributed by atoms with Gasteiger partial charge in [0.15, 0.2) is 0 Å². The van der Waals surface area contributed by atoms with Gasteiger partial charge < -0.3 is 10.6 Å². The van der Waals surface area contributed by atoms with Gasteiger partial charge in [0.2, 0.25) is 0 Å². The fourth-order valence-electron chi connectivity index (χ4n) is 2.28. The molecule has 0 radical (unpaired) electrons. The van der Waals surface area contributed by atoms with Crippen LogP contribution in [0.4, 0.5) is 20.2 Å². The predicted molar refractivity (Wildman–Crippen MR) is 79.6 cm³/mol. The first kappa shape index (κ1) is 13.9. The Morgan fingerprint density at radius 1 is 1.19 bits per heavy atom. The zero-order chi connectivity index (χ0) is 15.0. The van der Waals surface area contributed by atoms with Crippen LogP contribution in [-0.4, -0.2) is 18.2 Å². The summed E-state index contributed by atoms with van der Waals surface area (Å²) in [5, 5.41) is 0. The van der Waals surface area contributed by atoms with Crippen molar-refractivity contribution in [3.63, 3.8) is 0 Å². The molecular formula is C15H12F2N2OS. The van der Waals surface area contributed by atoms with Crippen LogP contribution >= 0.6 is 11.8 Å². The van der Waals surface area contributed by atoms with Gasteiger partial charge in [0.25, 0.3) is 5.91 Å². The number of nitrogen functional groups attached to an aromatic ring is 1. The molecule has 3 rings (SSSR count). The Hall–Kier alpha value is -2.08. The maximum Gasteiger partial charge on any atom is 0.264 e. The van der Waals surface area contributed by atoms with Gasteiger partial charge in [0, 0.05) is 22.9 Å². The number of benzene rings is 2. The molecule has 2 N–H and O–H groups in total. The van der Waals surface area contributed by atoms with Crippen LogP contribution in [0, 0.1) is 11.6 Å². The lowest BCUT2D eigenvalue weighted by Gasteiger charge is -2.29. The molecule has 2 aromatic rings. The molecule has 1 aliphatic heterocycles. The van der Waals surface area contributed by atoms with E-state index >= 15 is 0 Å². The number of amides is 1. The van der Waals surface area contributed by atoms with Crippen molar-refractivity contribution in [1.82, 2.24) is 0 Å². The molecule has 3 nitrogen and oxygen atoms in total. The quantitative estimate of drug-likeness (QED) is 0.822. The lowest BCUT2D eigenvalue weighted by molar-refractivity contribution is 0.0979. The summed E-state index contributed by atoms with van der Waals surface area (Å²) in [5.74, 6) is -1.73. The zero-order valence-electron chi connectivity index (χ0n) is 11.0. The average Bonchev–Trinajstić information content (AvgIpc) is 2.46. The minimum absolute atomic E-state index is 0.383. The first-order valence-electron chi connectivity index (χ1n) is 6.36. The van der Waals surface area contributed by atoms with Gasteiger partial charge in [-0.2, -0.15) is 0 Å². The molecule has 21 heavy (non-hydrogen) atoms. The van der Waals surface area contributed by atoms with Gasteiger partial charge in [-0.25, -0.2) is 8.78 Å². The first-order chi connectivity index (χ1) is 10.1. The molecule has 1 amide bonds. The van der Waals surface area contributed by atoms with Crippen molar-refractivity contribution >= 4 is 29.0 Å². The summed E-state index contributed by atoms with van der Waals surface area (Å²) in [4.78, 5) is 14.8. The molecule has 2 aromatic carbocycles. The number of fused-ring (bicyclic) bond motifs is 1. The summed E-state index contributed by atoms with van der Waals surface area (Å²) in [6.07, 6.45) is 0. The molecular weight excluding hydrogens is 294 g/mol. The topological polar surface area (TPSA) is 46.3 Å². The Labute approximate surface area is 124 Å². The second-order valence-corrected chi connectivity index (χ2v) is 5.77. The van der Waals surface area contributed by atoms with Crippen LogP contribution in [0.2, 0.25) is 0 Å². The third kappa shape index (κ3) is 2.47. The van der Waals surface area contributed by atoms with E-state index in [1.807, 2.05) is 6.07 Å². The second kappa shape index (κ2) is 5.37. The Balaban J connectivity index is 2.06. The van der Waals surface area contributed by atoms with Crippen LogP contribution in [0.15, 0.2) is 41.3 Å². The van der Waals surface area contributed by atoms with E-state index in [-0.39, 0.29) is 0 Å². The molecule has 0 aliphatic carbocycles. The van der Waals surface area contributed by atoms with Crippen molar-refractivity contribution in [2.45, 2.75) is 4.90 Å². The van der Waals surface area contributed by atoms with Gasteiger partial charge in [-0.3, -0.25) is 4.79 Å². The fourth-order valence-corrected chi connectivity index (χ4v) is 3.26. The van der Waals surface area contributed by atoms with Gasteiger partial charge in [0.1, 0.15) is 17.2 Å². The van der Waals surface area contributed by atoms with Crippen LogP contribution in [0.1, 0.15) is 10.4 Å². The van der Waals surface area contributed by atoms with Crippen LogP contribution in [0.3, 0.4) is 0 Å². The first-order valence-corrected chi connectivity index (χ1v) is 7.34. The highest BCUT2D eigenvalue weighted by molar-refractivity contribution is 7.99. The number of nitrogens with two attached hydrogens (primary N) is 1. The van der Waals surface area contributed by atoms with E-state index in [4.69, 9.17) is 5.73 Å². The number of hydrogen-bond donors (Lipinski definition) is 1. The summed E-state index contributed by atoms with van der Waals surface area (Å²) in [6.45, 7) is 0.383. The third-order valence-electron chi connectivity index (χ3n) is 3.27. The smallest absolute Gasteiger partial charge is 0.264 e. The molecule has 0 aromatic heterocycles.